The van der Waals surface area contributed by atoms with Gasteiger partial charge in [0.25, 0.3) is 0 Å². The third-order valence-electron chi connectivity index (χ3n) is 3.33. The summed E-state index contributed by atoms with van der Waals surface area (Å²) in [5, 5.41) is 11.8. The van der Waals surface area contributed by atoms with Gasteiger partial charge in [-0.1, -0.05) is 12.1 Å². The van der Waals surface area contributed by atoms with Crippen LogP contribution in [0.1, 0.15) is 24.5 Å². The summed E-state index contributed by atoms with van der Waals surface area (Å²) in [6.45, 7) is 1.82. The van der Waals surface area contributed by atoms with Crippen LogP contribution in [0.25, 0.3) is 0 Å². The monoisotopic (exact) mass is 262 g/mol. The minimum absolute atomic E-state index is 0.127. The maximum absolute atomic E-state index is 11.6. The molecule has 5 nitrogen and oxygen atoms in total. The van der Waals surface area contributed by atoms with E-state index in [1.54, 1.807) is 11.9 Å². The highest BCUT2D eigenvalue weighted by Gasteiger charge is 2.20. The van der Waals surface area contributed by atoms with Crippen LogP contribution in [0.15, 0.2) is 18.2 Å². The maximum atomic E-state index is 11.6. The smallest absolute Gasteiger partial charge is 0.248 e. The van der Waals surface area contributed by atoms with E-state index in [9.17, 15) is 9.59 Å². The average molecular weight is 262 g/mol. The highest BCUT2D eigenvalue weighted by Crippen LogP contribution is 2.27. The highest BCUT2D eigenvalue weighted by atomic mass is 16.3. The Morgan fingerprint density at radius 3 is 2.89 bits per heavy atom. The number of nitrogens with zero attached hydrogens (tertiary/aromatic N) is 1. The molecule has 1 aliphatic heterocycles. The molecule has 0 saturated heterocycles. The number of benzene rings is 1. The molecule has 1 aromatic carbocycles. The van der Waals surface area contributed by atoms with Gasteiger partial charge in [0, 0.05) is 25.7 Å². The van der Waals surface area contributed by atoms with Crippen molar-refractivity contribution in [2.45, 2.75) is 32.4 Å². The van der Waals surface area contributed by atoms with Gasteiger partial charge in [-0.3, -0.25) is 9.59 Å². The van der Waals surface area contributed by atoms with Crippen LogP contribution in [0.2, 0.25) is 0 Å². The van der Waals surface area contributed by atoms with Crippen molar-refractivity contribution in [3.63, 3.8) is 0 Å². The Bertz CT molecular complexity index is 511. The molecule has 0 bridgehead atoms. The largest absolute Gasteiger partial charge is 0.384 e. The summed E-state index contributed by atoms with van der Waals surface area (Å²) in [6, 6.07) is 5.78. The minimum atomic E-state index is -0.999. The fraction of sp³-hybridized carbons (Fsp3) is 0.429. The number of aliphatic hydroxyl groups excluding tert-OH is 1. The van der Waals surface area contributed by atoms with E-state index in [2.05, 4.69) is 5.32 Å². The van der Waals surface area contributed by atoms with E-state index in [1.807, 2.05) is 18.2 Å². The van der Waals surface area contributed by atoms with E-state index < -0.39 is 6.10 Å². The van der Waals surface area contributed by atoms with E-state index in [4.69, 9.17) is 5.11 Å². The van der Waals surface area contributed by atoms with Crippen LogP contribution in [-0.2, 0) is 22.6 Å². The van der Waals surface area contributed by atoms with Crippen molar-refractivity contribution in [1.29, 1.82) is 0 Å². The van der Waals surface area contributed by atoms with Gasteiger partial charge < -0.3 is 15.3 Å². The first kappa shape index (κ1) is 13.5. The summed E-state index contributed by atoms with van der Waals surface area (Å²) in [5.41, 5.74) is 3.02. The second kappa shape index (κ2) is 5.40. The molecule has 0 fully saturated rings. The number of hydrogen-bond donors (Lipinski definition) is 2. The number of nitrogens with one attached hydrogen (secondary N) is 1. The van der Waals surface area contributed by atoms with Crippen molar-refractivity contribution in [1.82, 2.24) is 5.32 Å². The number of aliphatic hydroxyl groups is 1. The molecular weight excluding hydrogens is 244 g/mol. The van der Waals surface area contributed by atoms with E-state index >= 15 is 0 Å². The van der Waals surface area contributed by atoms with Gasteiger partial charge in [0.15, 0.2) is 0 Å². The Hall–Kier alpha value is -1.88. The quantitative estimate of drug-likeness (QED) is 0.837. The van der Waals surface area contributed by atoms with Crippen molar-refractivity contribution in [2.75, 3.05) is 11.9 Å². The molecule has 1 aliphatic rings. The summed E-state index contributed by atoms with van der Waals surface area (Å²) in [4.78, 5) is 24.5. The van der Waals surface area contributed by atoms with Gasteiger partial charge in [-0.2, -0.15) is 0 Å². The third kappa shape index (κ3) is 2.93. The molecule has 2 rings (SSSR count). The molecule has 1 aromatic rings. The number of aryl methyl sites for hydroxylation is 1. The fourth-order valence-electron chi connectivity index (χ4n) is 2.16. The molecule has 5 heteroatoms. The van der Waals surface area contributed by atoms with Gasteiger partial charge in [-0.15, -0.1) is 0 Å². The van der Waals surface area contributed by atoms with Crippen molar-refractivity contribution in [3.8, 4) is 0 Å². The average Bonchev–Trinajstić information content (AvgIpc) is 2.40. The van der Waals surface area contributed by atoms with Crippen LogP contribution in [0.4, 0.5) is 5.69 Å². The number of fused-ring (bicyclic) bond motifs is 1. The van der Waals surface area contributed by atoms with Crippen LogP contribution in [0, 0.1) is 0 Å². The van der Waals surface area contributed by atoms with Crippen molar-refractivity contribution in [3.05, 3.63) is 29.3 Å². The normalized spacial score (nSPS) is 15.9. The number of hydrogen-bond acceptors (Lipinski definition) is 3. The molecule has 0 saturated carbocycles. The summed E-state index contributed by atoms with van der Waals surface area (Å²) in [7, 11) is 1.77. The molecule has 2 N–H and O–H groups in total. The summed E-state index contributed by atoms with van der Waals surface area (Å²) < 4.78 is 0. The lowest BCUT2D eigenvalue weighted by Gasteiger charge is -2.26. The minimum Gasteiger partial charge on any atom is -0.384 e. The van der Waals surface area contributed by atoms with Crippen LogP contribution >= 0.6 is 0 Å². The summed E-state index contributed by atoms with van der Waals surface area (Å²) >= 11 is 0. The fourth-order valence-corrected chi connectivity index (χ4v) is 2.16. The van der Waals surface area contributed by atoms with Gasteiger partial charge in [0.2, 0.25) is 11.8 Å². The molecule has 1 unspecified atom stereocenters. The predicted molar refractivity (Wildman–Crippen MR) is 71.7 cm³/mol. The molecule has 2 amide bonds. The van der Waals surface area contributed by atoms with Gasteiger partial charge in [-0.05, 0) is 30.5 Å². The second-order valence-electron chi connectivity index (χ2n) is 4.81. The first-order chi connectivity index (χ1) is 8.99. The number of rotatable bonds is 3. The lowest BCUT2D eigenvalue weighted by molar-refractivity contribution is -0.128. The Balaban J connectivity index is 2.09. The number of carbonyl (C=O) groups excluding carboxylic acids is 2. The van der Waals surface area contributed by atoms with Crippen molar-refractivity contribution in [2.24, 2.45) is 0 Å². The topological polar surface area (TPSA) is 69.6 Å². The molecule has 1 atom stereocenters. The molecule has 0 aromatic heterocycles. The molecular formula is C14H18N2O3. The lowest BCUT2D eigenvalue weighted by atomic mass is 9.99. The molecule has 0 aliphatic carbocycles. The Kier molecular flexibility index (Phi) is 3.85. The number of amides is 2. The van der Waals surface area contributed by atoms with Gasteiger partial charge in [0.1, 0.15) is 6.10 Å². The second-order valence-corrected chi connectivity index (χ2v) is 4.81. The molecule has 19 heavy (non-hydrogen) atoms. The summed E-state index contributed by atoms with van der Waals surface area (Å²) in [5.74, 6) is -0.257. The zero-order chi connectivity index (χ0) is 14.0. The predicted octanol–water partition coefficient (Wildman–Crippen LogP) is 0.593. The van der Waals surface area contributed by atoms with Crippen molar-refractivity contribution >= 4 is 17.5 Å². The summed E-state index contributed by atoms with van der Waals surface area (Å²) in [6.07, 6.45) is 0.255. The van der Waals surface area contributed by atoms with Crippen molar-refractivity contribution < 1.29 is 14.7 Å². The van der Waals surface area contributed by atoms with Crippen LogP contribution < -0.4 is 10.2 Å². The molecule has 1 heterocycles. The van der Waals surface area contributed by atoms with Crippen LogP contribution in [0.3, 0.4) is 0 Å². The van der Waals surface area contributed by atoms with Crippen LogP contribution in [0.5, 0.6) is 0 Å². The van der Waals surface area contributed by atoms with E-state index in [-0.39, 0.29) is 11.8 Å². The SMILES string of the molecule is CC(O)C(=O)NCc1ccc2c(c1)CCC(=O)N2C. The zero-order valence-corrected chi connectivity index (χ0v) is 11.1. The van der Waals surface area contributed by atoms with E-state index in [1.165, 1.54) is 6.92 Å². The van der Waals surface area contributed by atoms with Gasteiger partial charge in [0.05, 0.1) is 0 Å². The third-order valence-corrected chi connectivity index (χ3v) is 3.33. The molecule has 0 spiro atoms. The Morgan fingerprint density at radius 2 is 2.21 bits per heavy atom. The highest BCUT2D eigenvalue weighted by molar-refractivity contribution is 5.95. The number of carbonyl (C=O) groups is 2. The molecule has 0 radical (unpaired) electrons. The lowest BCUT2D eigenvalue weighted by Crippen LogP contribution is -2.32. The van der Waals surface area contributed by atoms with E-state index in [0.29, 0.717) is 13.0 Å². The first-order valence-electron chi connectivity index (χ1n) is 6.33. The first-order valence-corrected chi connectivity index (χ1v) is 6.33. The van der Waals surface area contributed by atoms with Gasteiger partial charge in [-0.25, -0.2) is 0 Å². The van der Waals surface area contributed by atoms with Gasteiger partial charge >= 0.3 is 0 Å². The molecule has 102 valence electrons. The number of anilines is 1. The Morgan fingerprint density at radius 1 is 1.47 bits per heavy atom. The van der Waals surface area contributed by atoms with Crippen LogP contribution in [-0.4, -0.2) is 30.1 Å². The standard InChI is InChI=1S/C14H18N2O3/c1-9(17)14(19)15-8-10-3-5-12-11(7-10)4-6-13(18)16(12)2/h3,5,7,9,17H,4,6,8H2,1-2H3,(H,15,19). The Labute approximate surface area is 112 Å². The van der Waals surface area contributed by atoms with E-state index in [0.717, 1.165) is 23.2 Å². The zero-order valence-electron chi connectivity index (χ0n) is 11.1. The maximum Gasteiger partial charge on any atom is 0.248 e.